The van der Waals surface area contributed by atoms with E-state index in [0.717, 1.165) is 24.6 Å². The van der Waals surface area contributed by atoms with E-state index in [9.17, 15) is 22.8 Å². The van der Waals surface area contributed by atoms with Crippen LogP contribution in [0.1, 0.15) is 44.7 Å². The van der Waals surface area contributed by atoms with Gasteiger partial charge in [0.1, 0.15) is 11.5 Å². The van der Waals surface area contributed by atoms with Gasteiger partial charge in [-0.2, -0.15) is 13.2 Å². The molecule has 2 aromatic rings. The number of carbonyl (C=O) groups excluding carboxylic acids is 2. The second kappa shape index (κ2) is 10.8. The lowest BCUT2D eigenvalue weighted by molar-refractivity contribution is -0.145. The van der Waals surface area contributed by atoms with Gasteiger partial charge in [-0.25, -0.2) is 9.79 Å². The van der Waals surface area contributed by atoms with Crippen LogP contribution in [0.25, 0.3) is 0 Å². The lowest BCUT2D eigenvalue weighted by atomic mass is 9.93. The summed E-state index contributed by atoms with van der Waals surface area (Å²) in [4.78, 5) is 31.3. The zero-order valence-electron chi connectivity index (χ0n) is 21.2. The zero-order chi connectivity index (χ0) is 27.7. The van der Waals surface area contributed by atoms with Crippen LogP contribution in [0.3, 0.4) is 0 Å². The van der Waals surface area contributed by atoms with Crippen molar-refractivity contribution in [3.8, 4) is 11.5 Å². The highest BCUT2D eigenvalue weighted by atomic mass is 32.2. The molecular formula is C28H26F3N3O4S. The Bertz CT molecular complexity index is 1370. The number of alkyl halides is 3. The van der Waals surface area contributed by atoms with E-state index in [1.54, 1.807) is 67.8 Å². The molecular weight excluding hydrogens is 531 g/mol. The monoisotopic (exact) mass is 557 g/mol. The maximum atomic E-state index is 14.4. The van der Waals surface area contributed by atoms with Crippen LogP contribution in [-0.4, -0.2) is 40.3 Å². The molecule has 1 amide bonds. The third-order valence-corrected chi connectivity index (χ3v) is 6.97. The Balaban J connectivity index is 1.59. The highest BCUT2D eigenvalue weighted by Crippen LogP contribution is 2.48. The number of fused-ring (bicyclic) bond motifs is 1. The van der Waals surface area contributed by atoms with Crippen LogP contribution in [-0.2, 0) is 14.3 Å². The van der Waals surface area contributed by atoms with Gasteiger partial charge in [-0.1, -0.05) is 42.1 Å². The maximum Gasteiger partial charge on any atom is 0.434 e. The molecule has 2 aliphatic heterocycles. The average Bonchev–Trinajstić information content (AvgIpc) is 3.60. The second-order valence-electron chi connectivity index (χ2n) is 9.61. The van der Waals surface area contributed by atoms with Crippen LogP contribution < -0.4 is 10.1 Å². The van der Waals surface area contributed by atoms with Gasteiger partial charge in [0.25, 0.3) is 0 Å². The van der Waals surface area contributed by atoms with E-state index in [4.69, 9.17) is 9.47 Å². The minimum atomic E-state index is -4.92. The highest BCUT2D eigenvalue weighted by molar-refractivity contribution is 8.16. The van der Waals surface area contributed by atoms with Gasteiger partial charge in [-0.3, -0.25) is 4.79 Å². The fourth-order valence-corrected chi connectivity index (χ4v) is 5.23. The van der Waals surface area contributed by atoms with Crippen molar-refractivity contribution in [2.75, 3.05) is 0 Å². The molecule has 1 saturated carbocycles. The van der Waals surface area contributed by atoms with Crippen LogP contribution in [0.15, 0.2) is 82.0 Å². The molecule has 1 fully saturated rings. The molecule has 7 nitrogen and oxygen atoms in total. The molecule has 2 aromatic carbocycles. The van der Waals surface area contributed by atoms with Gasteiger partial charge >= 0.3 is 12.1 Å². The fraction of sp³-hybridized carbons (Fsp3) is 0.321. The molecule has 1 aliphatic carbocycles. The van der Waals surface area contributed by atoms with E-state index >= 15 is 0 Å². The number of thioether (sulfide) groups is 1. The quantitative estimate of drug-likeness (QED) is 0.389. The van der Waals surface area contributed by atoms with Crippen molar-refractivity contribution in [2.24, 2.45) is 4.99 Å². The van der Waals surface area contributed by atoms with Crippen molar-refractivity contribution in [3.63, 3.8) is 0 Å². The summed E-state index contributed by atoms with van der Waals surface area (Å²) in [6.45, 7) is 3.12. The van der Waals surface area contributed by atoms with Gasteiger partial charge in [0.15, 0.2) is 10.9 Å². The summed E-state index contributed by atoms with van der Waals surface area (Å²) < 4.78 is 54.3. The van der Waals surface area contributed by atoms with Crippen molar-refractivity contribution < 1.29 is 32.2 Å². The molecule has 39 heavy (non-hydrogen) atoms. The van der Waals surface area contributed by atoms with Gasteiger partial charge < -0.3 is 19.7 Å². The van der Waals surface area contributed by atoms with Crippen LogP contribution in [0.4, 0.5) is 13.2 Å². The molecule has 0 saturated heterocycles. The number of allylic oxidation sites excluding steroid dienone is 1. The van der Waals surface area contributed by atoms with Gasteiger partial charge in [0.05, 0.1) is 24.1 Å². The topological polar surface area (TPSA) is 80.2 Å². The molecule has 0 bridgehead atoms. The van der Waals surface area contributed by atoms with Crippen molar-refractivity contribution in [2.45, 2.75) is 57.5 Å². The zero-order valence-corrected chi connectivity index (χ0v) is 22.0. The summed E-state index contributed by atoms with van der Waals surface area (Å²) in [7, 11) is 0. The number of nitrogens with zero attached hydrogens (tertiary/aromatic N) is 2. The lowest BCUT2D eigenvalue weighted by Gasteiger charge is -2.37. The predicted molar refractivity (Wildman–Crippen MR) is 141 cm³/mol. The molecule has 3 aliphatic rings. The van der Waals surface area contributed by atoms with Crippen molar-refractivity contribution >= 4 is 28.8 Å². The van der Waals surface area contributed by atoms with Crippen molar-refractivity contribution in [3.05, 3.63) is 82.5 Å². The van der Waals surface area contributed by atoms with E-state index < -0.39 is 35.6 Å². The minimum Gasteiger partial charge on any atom is -0.459 e. The normalized spacial score (nSPS) is 18.9. The number of benzene rings is 2. The summed E-state index contributed by atoms with van der Waals surface area (Å²) in [5.74, 6) is -0.460. The first-order chi connectivity index (χ1) is 18.6. The number of amidine groups is 1. The molecule has 1 atom stereocenters. The smallest absolute Gasteiger partial charge is 0.434 e. The molecule has 5 rings (SSSR count). The van der Waals surface area contributed by atoms with Crippen LogP contribution in [0, 0.1) is 0 Å². The van der Waals surface area contributed by atoms with Crippen molar-refractivity contribution in [1.82, 2.24) is 10.2 Å². The number of nitrogens with one attached hydrogen (secondary N) is 1. The molecule has 204 valence electrons. The molecule has 2 heterocycles. The Kier molecular flexibility index (Phi) is 7.44. The molecule has 0 radical (unpaired) electrons. The van der Waals surface area contributed by atoms with E-state index in [-0.39, 0.29) is 23.5 Å². The maximum absolute atomic E-state index is 14.4. The van der Waals surface area contributed by atoms with Crippen LogP contribution in [0.5, 0.6) is 11.5 Å². The Morgan fingerprint density at radius 1 is 1.10 bits per heavy atom. The lowest BCUT2D eigenvalue weighted by Crippen LogP contribution is -2.40. The Labute approximate surface area is 227 Å². The number of esters is 1. The first-order valence-electron chi connectivity index (χ1n) is 12.5. The number of ether oxygens (including phenoxy) is 2. The van der Waals surface area contributed by atoms with Gasteiger partial charge in [0.2, 0.25) is 5.91 Å². The summed E-state index contributed by atoms with van der Waals surface area (Å²) in [5.41, 5.74) is -1.17. The number of hydrogen-bond donors (Lipinski definition) is 1. The van der Waals surface area contributed by atoms with Gasteiger partial charge in [-0.05, 0) is 61.9 Å². The van der Waals surface area contributed by atoms with Crippen molar-refractivity contribution in [1.29, 1.82) is 0 Å². The van der Waals surface area contributed by atoms with E-state index in [0.29, 0.717) is 22.8 Å². The average molecular weight is 558 g/mol. The number of halogens is 3. The Morgan fingerprint density at radius 2 is 1.82 bits per heavy atom. The number of para-hydroxylation sites is 1. The summed E-state index contributed by atoms with van der Waals surface area (Å²) >= 11 is 0.980. The number of hydrogen-bond acceptors (Lipinski definition) is 7. The standard InChI is InChI=1S/C28H26F3N3O4S/c1-16(2)37-26(36)23-24(17-7-6-10-21(13-17)38-20-8-4-3-5-9-20)34-19(14-22(35)32-18-11-12-18)15-39-27(34)33-25(23)28(29,30)31/h3-10,13,15-16,18,24H,11-12,14H2,1-2H3,(H,32,35). The summed E-state index contributed by atoms with van der Waals surface area (Å²) in [5, 5.41) is 4.53. The van der Waals surface area contributed by atoms with Crippen LogP contribution >= 0.6 is 11.8 Å². The summed E-state index contributed by atoms with van der Waals surface area (Å²) in [6, 6.07) is 14.3. The highest BCUT2D eigenvalue weighted by Gasteiger charge is 2.49. The number of aliphatic imine (C=N–C) groups is 1. The third kappa shape index (κ3) is 6.13. The molecule has 1 N–H and O–H groups in total. The largest absolute Gasteiger partial charge is 0.459 e. The molecule has 11 heteroatoms. The Morgan fingerprint density at radius 3 is 2.49 bits per heavy atom. The minimum absolute atomic E-state index is 0.0250. The second-order valence-corrected chi connectivity index (χ2v) is 10.5. The number of rotatable bonds is 8. The number of amides is 1. The SMILES string of the molecule is CC(C)OC(=O)C1=C(C(F)(F)F)N=C2SC=C(CC(=O)NC3CC3)N2C1c1cccc(Oc2ccccc2)c1. The first kappa shape index (κ1) is 26.9. The van der Waals surface area contributed by atoms with Gasteiger partial charge in [0, 0.05) is 11.7 Å². The third-order valence-electron chi connectivity index (χ3n) is 6.08. The van der Waals surface area contributed by atoms with Crippen LogP contribution in [0.2, 0.25) is 0 Å². The molecule has 1 unspecified atom stereocenters. The molecule has 0 spiro atoms. The predicted octanol–water partition coefficient (Wildman–Crippen LogP) is 6.22. The van der Waals surface area contributed by atoms with Gasteiger partial charge in [-0.15, -0.1) is 0 Å². The number of carbonyl (C=O) groups is 2. The van der Waals surface area contributed by atoms with E-state index in [1.165, 1.54) is 4.90 Å². The molecule has 0 aromatic heterocycles. The Hall–Kier alpha value is -3.73. The fourth-order valence-electron chi connectivity index (χ4n) is 4.32. The van der Waals surface area contributed by atoms with E-state index in [2.05, 4.69) is 10.3 Å². The van der Waals surface area contributed by atoms with E-state index in [1.807, 2.05) is 6.07 Å². The summed E-state index contributed by atoms with van der Waals surface area (Å²) in [6.07, 6.45) is -3.86. The first-order valence-corrected chi connectivity index (χ1v) is 13.4.